The molecule has 2 aliphatic heterocycles. The van der Waals surface area contributed by atoms with Gasteiger partial charge >= 0.3 is 0 Å². The van der Waals surface area contributed by atoms with Crippen LogP contribution in [-0.2, 0) is 47.7 Å². The molecule has 2 fully saturated rings. The van der Waals surface area contributed by atoms with E-state index in [2.05, 4.69) is 0 Å². The molecule has 0 aliphatic carbocycles. The van der Waals surface area contributed by atoms with Gasteiger partial charge in [-0.25, -0.2) is 8.42 Å². The monoisotopic (exact) mass is 633 g/mol. The fraction of sp³-hybridized carbons (Fsp3) is 0.516. The van der Waals surface area contributed by atoms with E-state index in [9.17, 15) is 27.9 Å². The van der Waals surface area contributed by atoms with Crippen molar-refractivity contribution in [2.75, 3.05) is 38.6 Å². The summed E-state index contributed by atoms with van der Waals surface area (Å²) in [6.45, 7) is 1.95. The molecule has 0 unspecified atom stereocenters. The largest absolute Gasteiger partial charge is 0.391 e. The van der Waals surface area contributed by atoms with Crippen molar-refractivity contribution in [3.8, 4) is 0 Å². The van der Waals surface area contributed by atoms with Crippen LogP contribution in [0.3, 0.4) is 0 Å². The Morgan fingerprint density at radius 3 is 2.47 bits per heavy atom. The van der Waals surface area contributed by atoms with Crippen LogP contribution in [0.25, 0.3) is 0 Å². The highest BCUT2D eigenvalue weighted by molar-refractivity contribution is 7.90. The van der Waals surface area contributed by atoms with Gasteiger partial charge < -0.3 is 25.4 Å². The smallest absolute Gasteiger partial charge is 0.227 e. The molecule has 2 aliphatic rings. The zero-order chi connectivity index (χ0) is 31.0. The number of ketones is 1. The second-order valence-electron chi connectivity index (χ2n) is 11.2. The Kier molecular flexibility index (Phi) is 11.7. The van der Waals surface area contributed by atoms with E-state index in [0.717, 1.165) is 11.1 Å². The number of sulfone groups is 1. The maximum Gasteiger partial charge on any atom is 0.227 e. The molecule has 10 nitrogen and oxygen atoms in total. The third-order valence-corrected chi connectivity index (χ3v) is 9.99. The third kappa shape index (κ3) is 9.33. The van der Waals surface area contributed by atoms with Gasteiger partial charge in [0.1, 0.15) is 0 Å². The molecular weight excluding hydrogens is 594 g/mol. The summed E-state index contributed by atoms with van der Waals surface area (Å²) in [4.78, 5) is 43.3. The van der Waals surface area contributed by atoms with Crippen LogP contribution in [0.2, 0.25) is 5.02 Å². The molecule has 0 radical (unpaired) electrons. The molecule has 2 aromatic carbocycles. The minimum absolute atomic E-state index is 0.0110. The lowest BCUT2D eigenvalue weighted by Crippen LogP contribution is -2.46. The Morgan fingerprint density at radius 2 is 1.77 bits per heavy atom. The average Bonchev–Trinajstić information content (AvgIpc) is 3.39. The van der Waals surface area contributed by atoms with Crippen LogP contribution in [0.4, 0.5) is 0 Å². The number of likely N-dealkylation sites (tertiary alicyclic amines) is 1. The number of nitrogens with two attached hydrogens (primary N) is 1. The first-order valence-electron chi connectivity index (χ1n) is 14.6. The predicted octanol–water partition coefficient (Wildman–Crippen LogP) is 2.13. The number of carbonyl (C=O) groups excluding carboxylic acids is 3. The molecule has 0 spiro atoms. The summed E-state index contributed by atoms with van der Waals surface area (Å²) in [6.07, 6.45) is -0.382. The number of rotatable bonds is 13. The zero-order valence-electron chi connectivity index (χ0n) is 24.2. The molecule has 12 heteroatoms. The van der Waals surface area contributed by atoms with Gasteiger partial charge in [-0.3, -0.25) is 14.4 Å². The number of aryl methyl sites for hydroxylation is 1. The first-order chi connectivity index (χ1) is 20.6. The number of β-amino-alcohol motifs (C(OH)–C–C–N with tert-alkyl or cyclic N) is 1. The van der Waals surface area contributed by atoms with Gasteiger partial charge in [0.05, 0.1) is 42.8 Å². The van der Waals surface area contributed by atoms with Gasteiger partial charge in [-0.1, -0.05) is 48.0 Å². The number of Topliss-reactive ketones (excluding diaryl/α,β-unsaturated/α-hetero) is 1. The number of amides is 2. The van der Waals surface area contributed by atoms with E-state index in [1.165, 1.54) is 4.90 Å². The number of aliphatic hydroxyl groups excluding tert-OH is 1. The van der Waals surface area contributed by atoms with E-state index in [4.69, 9.17) is 22.1 Å². The summed E-state index contributed by atoms with van der Waals surface area (Å²) < 4.78 is 31.9. The molecule has 2 saturated heterocycles. The van der Waals surface area contributed by atoms with Crippen LogP contribution in [0.15, 0.2) is 48.5 Å². The van der Waals surface area contributed by atoms with Gasteiger partial charge in [0.25, 0.3) is 0 Å². The molecule has 234 valence electrons. The van der Waals surface area contributed by atoms with Crippen molar-refractivity contribution < 1.29 is 32.6 Å². The molecule has 2 heterocycles. The quantitative estimate of drug-likeness (QED) is 0.341. The molecule has 3 N–H and O–H groups in total. The van der Waals surface area contributed by atoms with Crippen LogP contribution in [0, 0.1) is 5.92 Å². The molecule has 0 aromatic heterocycles. The first-order valence-corrected chi connectivity index (χ1v) is 16.8. The van der Waals surface area contributed by atoms with Crippen molar-refractivity contribution in [3.63, 3.8) is 0 Å². The summed E-state index contributed by atoms with van der Waals surface area (Å²) in [5, 5.41) is 11.0. The van der Waals surface area contributed by atoms with Gasteiger partial charge in [0.15, 0.2) is 15.6 Å². The maximum atomic E-state index is 14.0. The standard InChI is InChI=1S/C31H40ClN3O7S/c32-26-9-6-24(18-33)23(16-26)7-10-29(37)28-17-27(36)19-35(28)31(39)25(8-11-30(38)34-12-14-42-15-13-34)21-43(40,41)20-22-4-2-1-3-5-22/h1-6,9,16,25,27-28,36H,7-8,10-15,17-21,33H2/t25-,27-,28-/m0/s1. The van der Waals surface area contributed by atoms with Gasteiger partial charge in [-0.15, -0.1) is 0 Å². The highest BCUT2D eigenvalue weighted by atomic mass is 35.5. The van der Waals surface area contributed by atoms with Gasteiger partial charge in [-0.05, 0) is 41.7 Å². The summed E-state index contributed by atoms with van der Waals surface area (Å²) in [5.41, 5.74) is 8.15. The first kappa shape index (κ1) is 33.1. The van der Waals surface area contributed by atoms with E-state index < -0.39 is 39.6 Å². The number of hydrogen-bond acceptors (Lipinski definition) is 8. The minimum atomic E-state index is -3.75. The second-order valence-corrected chi connectivity index (χ2v) is 13.8. The van der Waals surface area contributed by atoms with Crippen molar-refractivity contribution in [1.29, 1.82) is 0 Å². The molecule has 4 rings (SSSR count). The maximum absolute atomic E-state index is 14.0. The van der Waals surface area contributed by atoms with Crippen molar-refractivity contribution in [1.82, 2.24) is 9.80 Å². The highest BCUT2D eigenvalue weighted by Gasteiger charge is 2.41. The molecule has 0 bridgehead atoms. The van der Waals surface area contributed by atoms with E-state index in [1.807, 2.05) is 6.07 Å². The number of morpholine rings is 1. The lowest BCUT2D eigenvalue weighted by molar-refractivity contribution is -0.141. The number of carbonyl (C=O) groups is 3. The molecule has 43 heavy (non-hydrogen) atoms. The van der Waals surface area contributed by atoms with Crippen molar-refractivity contribution >= 4 is 39.0 Å². The fourth-order valence-electron chi connectivity index (χ4n) is 5.79. The van der Waals surface area contributed by atoms with Crippen molar-refractivity contribution in [2.24, 2.45) is 11.7 Å². The van der Waals surface area contributed by atoms with Crippen LogP contribution in [-0.4, -0.2) is 91.7 Å². The zero-order valence-corrected chi connectivity index (χ0v) is 25.8. The number of hydrogen-bond donors (Lipinski definition) is 2. The van der Waals surface area contributed by atoms with Crippen LogP contribution in [0.1, 0.15) is 42.4 Å². The Balaban J connectivity index is 1.49. The second kappa shape index (κ2) is 15.3. The van der Waals surface area contributed by atoms with Gasteiger partial charge in [0, 0.05) is 50.5 Å². The summed E-state index contributed by atoms with van der Waals surface area (Å²) in [6, 6.07) is 13.1. The molecule has 0 saturated carbocycles. The molecule has 2 amide bonds. The van der Waals surface area contributed by atoms with Crippen LogP contribution >= 0.6 is 11.6 Å². The highest BCUT2D eigenvalue weighted by Crippen LogP contribution is 2.27. The van der Waals surface area contributed by atoms with E-state index >= 15 is 0 Å². The van der Waals surface area contributed by atoms with Crippen LogP contribution < -0.4 is 5.73 Å². The Hall–Kier alpha value is -2.83. The predicted molar refractivity (Wildman–Crippen MR) is 163 cm³/mol. The normalized spacial score (nSPS) is 19.8. The Morgan fingerprint density at radius 1 is 1.05 bits per heavy atom. The van der Waals surface area contributed by atoms with E-state index in [1.54, 1.807) is 47.4 Å². The molecular formula is C31H40ClN3O7S. The minimum Gasteiger partial charge on any atom is -0.391 e. The lowest BCUT2D eigenvalue weighted by Gasteiger charge is -2.30. The van der Waals surface area contributed by atoms with Crippen molar-refractivity contribution in [3.05, 3.63) is 70.2 Å². The van der Waals surface area contributed by atoms with Crippen LogP contribution in [0.5, 0.6) is 0 Å². The van der Waals surface area contributed by atoms with Gasteiger partial charge in [0.2, 0.25) is 11.8 Å². The fourth-order valence-corrected chi connectivity index (χ4v) is 7.72. The van der Waals surface area contributed by atoms with E-state index in [-0.39, 0.29) is 56.2 Å². The number of ether oxygens (including phenoxy) is 1. The topological polar surface area (TPSA) is 147 Å². The number of benzene rings is 2. The Labute approximate surface area is 258 Å². The summed E-state index contributed by atoms with van der Waals surface area (Å²) in [5.74, 6) is -2.70. The number of nitrogens with zero attached hydrogens (tertiary/aromatic N) is 2. The molecule has 2 aromatic rings. The third-order valence-electron chi connectivity index (χ3n) is 8.07. The van der Waals surface area contributed by atoms with E-state index in [0.29, 0.717) is 43.3 Å². The van der Waals surface area contributed by atoms with Crippen molar-refractivity contribution in [2.45, 2.75) is 56.5 Å². The average molecular weight is 634 g/mol. The van der Waals surface area contributed by atoms with Gasteiger partial charge in [-0.2, -0.15) is 0 Å². The summed E-state index contributed by atoms with van der Waals surface area (Å²) >= 11 is 6.15. The molecule has 3 atom stereocenters. The Bertz CT molecular complexity index is 1380. The summed E-state index contributed by atoms with van der Waals surface area (Å²) in [7, 11) is -3.75. The lowest BCUT2D eigenvalue weighted by atomic mass is 9.97. The number of aliphatic hydroxyl groups is 1. The number of halogens is 1. The SMILES string of the molecule is NCc1ccc(Cl)cc1CCC(=O)[C@@H]1C[C@H](O)CN1C(=O)[C@@H](CCC(=O)N1CCOCC1)CS(=O)(=O)Cc1ccccc1.